The van der Waals surface area contributed by atoms with Gasteiger partial charge in [0.25, 0.3) is 11.6 Å². The fourth-order valence-electron chi connectivity index (χ4n) is 1.52. The summed E-state index contributed by atoms with van der Waals surface area (Å²) >= 11 is 0. The number of amides is 1. The minimum atomic E-state index is -0.582. The molecule has 2 aromatic rings. The molecule has 1 amide bonds. The van der Waals surface area contributed by atoms with Gasteiger partial charge in [0.15, 0.2) is 0 Å². The highest BCUT2D eigenvalue weighted by Crippen LogP contribution is 2.23. The summed E-state index contributed by atoms with van der Waals surface area (Å²) in [5, 5.41) is 21.9. The molecule has 0 aliphatic carbocycles. The van der Waals surface area contributed by atoms with E-state index in [0.29, 0.717) is 5.56 Å². The topological polar surface area (TPSA) is 109 Å². The molecule has 0 aliphatic heterocycles. The number of pyridine rings is 1. The van der Waals surface area contributed by atoms with E-state index in [2.05, 4.69) is 10.3 Å². The molecule has 0 saturated heterocycles. The van der Waals surface area contributed by atoms with Crippen LogP contribution in [0.4, 0.5) is 11.4 Å². The number of para-hydroxylation sites is 2. The van der Waals surface area contributed by atoms with E-state index in [9.17, 15) is 14.9 Å². The molecular formula is C13H8N4O3. The quantitative estimate of drug-likeness (QED) is 0.677. The number of rotatable bonds is 3. The van der Waals surface area contributed by atoms with Crippen LogP contribution in [0, 0.1) is 21.4 Å². The average Bonchev–Trinajstić information content (AvgIpc) is 2.47. The lowest BCUT2D eigenvalue weighted by Gasteiger charge is -2.05. The van der Waals surface area contributed by atoms with Crippen molar-refractivity contribution in [3.05, 3.63) is 64.0 Å². The maximum absolute atomic E-state index is 11.9. The number of hydrogen-bond donors (Lipinski definition) is 1. The summed E-state index contributed by atoms with van der Waals surface area (Å²) in [5.41, 5.74) is 0.289. The Labute approximate surface area is 113 Å². The van der Waals surface area contributed by atoms with Crippen LogP contribution in [0.15, 0.2) is 42.6 Å². The molecule has 0 bridgehead atoms. The van der Waals surface area contributed by atoms with E-state index in [-0.39, 0.29) is 17.1 Å². The van der Waals surface area contributed by atoms with Gasteiger partial charge in [0, 0.05) is 12.3 Å². The number of hydrogen-bond acceptors (Lipinski definition) is 5. The molecule has 1 heterocycles. The van der Waals surface area contributed by atoms with Crippen molar-refractivity contribution in [2.45, 2.75) is 0 Å². The van der Waals surface area contributed by atoms with Crippen LogP contribution in [0.1, 0.15) is 16.1 Å². The fourth-order valence-corrected chi connectivity index (χ4v) is 1.52. The van der Waals surface area contributed by atoms with Crippen LogP contribution in [-0.2, 0) is 0 Å². The van der Waals surface area contributed by atoms with Crippen LogP contribution < -0.4 is 5.32 Å². The molecular weight excluding hydrogens is 260 g/mol. The first kappa shape index (κ1) is 13.2. The SMILES string of the molecule is N#Cc1ccc(C(=O)Nc2ccccc2[N+](=O)[O-])nc1. The van der Waals surface area contributed by atoms with Crippen molar-refractivity contribution < 1.29 is 9.72 Å². The number of nitrogens with one attached hydrogen (secondary N) is 1. The van der Waals surface area contributed by atoms with Gasteiger partial charge in [-0.1, -0.05) is 12.1 Å². The number of carbonyl (C=O) groups is 1. The number of nitriles is 1. The molecule has 0 unspecified atom stereocenters. The van der Waals surface area contributed by atoms with Crippen LogP contribution in [0.5, 0.6) is 0 Å². The van der Waals surface area contributed by atoms with Crippen LogP contribution in [0.2, 0.25) is 0 Å². The molecule has 7 nitrogen and oxygen atoms in total. The lowest BCUT2D eigenvalue weighted by atomic mass is 10.2. The largest absolute Gasteiger partial charge is 0.315 e. The summed E-state index contributed by atoms with van der Waals surface area (Å²) in [6, 6.07) is 10.5. The zero-order chi connectivity index (χ0) is 14.5. The van der Waals surface area contributed by atoms with Gasteiger partial charge >= 0.3 is 0 Å². The minimum Gasteiger partial charge on any atom is -0.315 e. The van der Waals surface area contributed by atoms with Gasteiger partial charge in [-0.15, -0.1) is 0 Å². The maximum atomic E-state index is 11.9. The maximum Gasteiger partial charge on any atom is 0.292 e. The molecule has 0 atom stereocenters. The standard InChI is InChI=1S/C13H8N4O3/c14-7-9-5-6-11(15-8-9)13(18)16-10-3-1-2-4-12(10)17(19)20/h1-6,8H,(H,16,18). The van der Waals surface area contributed by atoms with Crippen LogP contribution in [-0.4, -0.2) is 15.8 Å². The van der Waals surface area contributed by atoms with E-state index in [1.807, 2.05) is 6.07 Å². The molecule has 0 saturated carbocycles. The van der Waals surface area contributed by atoms with Gasteiger partial charge in [0.1, 0.15) is 17.5 Å². The predicted molar refractivity (Wildman–Crippen MR) is 70.0 cm³/mol. The normalized spacial score (nSPS) is 9.55. The molecule has 7 heteroatoms. The van der Waals surface area contributed by atoms with Crippen molar-refractivity contribution in [3.8, 4) is 6.07 Å². The van der Waals surface area contributed by atoms with Crippen molar-refractivity contribution >= 4 is 17.3 Å². The Hall–Kier alpha value is -3.27. The van der Waals surface area contributed by atoms with Gasteiger partial charge in [-0.05, 0) is 18.2 Å². The second-order valence-electron chi connectivity index (χ2n) is 3.77. The number of nitro benzene ring substituents is 1. The zero-order valence-electron chi connectivity index (χ0n) is 10.1. The molecule has 0 spiro atoms. The fraction of sp³-hybridized carbons (Fsp3) is 0. The second-order valence-corrected chi connectivity index (χ2v) is 3.77. The molecule has 0 radical (unpaired) electrons. The van der Waals surface area contributed by atoms with Gasteiger partial charge in [0.2, 0.25) is 0 Å². The van der Waals surface area contributed by atoms with Gasteiger partial charge in [-0.2, -0.15) is 5.26 Å². The Bertz CT molecular complexity index is 704. The smallest absolute Gasteiger partial charge is 0.292 e. The van der Waals surface area contributed by atoms with Crippen molar-refractivity contribution in [2.75, 3.05) is 5.32 Å². The van der Waals surface area contributed by atoms with Gasteiger partial charge in [-0.3, -0.25) is 14.9 Å². The minimum absolute atomic E-state index is 0.0714. The van der Waals surface area contributed by atoms with Crippen LogP contribution in [0.3, 0.4) is 0 Å². The Morgan fingerprint density at radius 2 is 2.05 bits per heavy atom. The molecule has 1 aromatic carbocycles. The predicted octanol–water partition coefficient (Wildman–Crippen LogP) is 2.11. The van der Waals surface area contributed by atoms with E-state index in [0.717, 1.165) is 0 Å². The molecule has 98 valence electrons. The third-order valence-corrected chi connectivity index (χ3v) is 2.47. The molecule has 0 fully saturated rings. The highest BCUT2D eigenvalue weighted by Gasteiger charge is 2.16. The molecule has 2 rings (SSSR count). The van der Waals surface area contributed by atoms with Crippen LogP contribution >= 0.6 is 0 Å². The van der Waals surface area contributed by atoms with Gasteiger partial charge < -0.3 is 5.32 Å². The number of aromatic nitrogens is 1. The summed E-state index contributed by atoms with van der Waals surface area (Å²) in [7, 11) is 0. The summed E-state index contributed by atoms with van der Waals surface area (Å²) in [4.78, 5) is 26.0. The van der Waals surface area contributed by atoms with Gasteiger partial charge in [0.05, 0.1) is 10.5 Å². The first-order chi connectivity index (χ1) is 9.61. The van der Waals surface area contributed by atoms with E-state index < -0.39 is 10.8 Å². The average molecular weight is 268 g/mol. The first-order valence-corrected chi connectivity index (χ1v) is 5.53. The highest BCUT2D eigenvalue weighted by molar-refractivity contribution is 6.04. The van der Waals surface area contributed by atoms with E-state index in [1.165, 1.54) is 36.5 Å². The van der Waals surface area contributed by atoms with Crippen molar-refractivity contribution in [1.29, 1.82) is 5.26 Å². The second kappa shape index (κ2) is 5.58. The monoisotopic (exact) mass is 268 g/mol. The molecule has 1 aromatic heterocycles. The number of nitro groups is 1. The van der Waals surface area contributed by atoms with E-state index >= 15 is 0 Å². The molecule has 1 N–H and O–H groups in total. The van der Waals surface area contributed by atoms with E-state index in [4.69, 9.17) is 5.26 Å². The Morgan fingerprint density at radius 1 is 1.30 bits per heavy atom. The van der Waals surface area contributed by atoms with E-state index in [1.54, 1.807) is 6.07 Å². The number of anilines is 1. The van der Waals surface area contributed by atoms with Crippen molar-refractivity contribution in [3.63, 3.8) is 0 Å². The Kier molecular flexibility index (Phi) is 3.67. The summed E-state index contributed by atoms with van der Waals surface area (Å²) in [6.45, 7) is 0. The summed E-state index contributed by atoms with van der Waals surface area (Å²) in [6.07, 6.45) is 1.26. The lowest BCUT2D eigenvalue weighted by Crippen LogP contribution is -2.14. The summed E-state index contributed by atoms with van der Waals surface area (Å²) in [5.74, 6) is -0.580. The number of nitrogens with zero attached hydrogens (tertiary/aromatic N) is 3. The number of benzene rings is 1. The third-order valence-electron chi connectivity index (χ3n) is 2.47. The van der Waals surface area contributed by atoms with Crippen molar-refractivity contribution in [2.24, 2.45) is 0 Å². The first-order valence-electron chi connectivity index (χ1n) is 5.53. The Balaban J connectivity index is 2.23. The number of carbonyl (C=O) groups excluding carboxylic acids is 1. The third kappa shape index (κ3) is 2.76. The van der Waals surface area contributed by atoms with Crippen LogP contribution in [0.25, 0.3) is 0 Å². The zero-order valence-corrected chi connectivity index (χ0v) is 10.1. The highest BCUT2D eigenvalue weighted by atomic mass is 16.6. The van der Waals surface area contributed by atoms with Crippen molar-refractivity contribution in [1.82, 2.24) is 4.98 Å². The summed E-state index contributed by atoms with van der Waals surface area (Å²) < 4.78 is 0. The molecule has 20 heavy (non-hydrogen) atoms. The Morgan fingerprint density at radius 3 is 2.65 bits per heavy atom. The lowest BCUT2D eigenvalue weighted by molar-refractivity contribution is -0.383. The molecule has 0 aliphatic rings. The van der Waals surface area contributed by atoms with Gasteiger partial charge in [-0.25, -0.2) is 4.98 Å².